The molecule has 5 heteroatoms. The van der Waals surface area contributed by atoms with Crippen molar-refractivity contribution in [2.24, 2.45) is 0 Å². The molecular formula is C21H25N3O2. The second-order valence-electron chi connectivity index (χ2n) is 6.92. The SMILES string of the molecule is O=C(Nc1ccc2c(c1)CCO2)N1CCN(CCc2ccccc2)CC1. The molecule has 0 spiro atoms. The Morgan fingerprint density at radius 1 is 1.04 bits per heavy atom. The third-order valence-electron chi connectivity index (χ3n) is 5.16. The van der Waals surface area contributed by atoms with Gasteiger partial charge in [-0.3, -0.25) is 4.90 Å². The zero-order chi connectivity index (χ0) is 17.8. The van der Waals surface area contributed by atoms with E-state index in [2.05, 4.69) is 40.5 Å². The Balaban J connectivity index is 1.24. The number of hydrogen-bond donors (Lipinski definition) is 1. The summed E-state index contributed by atoms with van der Waals surface area (Å²) in [5.74, 6) is 0.940. The van der Waals surface area contributed by atoms with E-state index in [-0.39, 0.29) is 6.03 Å². The molecule has 0 saturated carbocycles. The third kappa shape index (κ3) is 3.99. The molecule has 0 aliphatic carbocycles. The van der Waals surface area contributed by atoms with Crippen LogP contribution in [0.5, 0.6) is 5.75 Å². The summed E-state index contributed by atoms with van der Waals surface area (Å²) in [6.07, 6.45) is 1.98. The summed E-state index contributed by atoms with van der Waals surface area (Å²) in [4.78, 5) is 16.9. The summed E-state index contributed by atoms with van der Waals surface area (Å²) in [6.45, 7) is 5.18. The van der Waals surface area contributed by atoms with Crippen LogP contribution in [-0.2, 0) is 12.8 Å². The van der Waals surface area contributed by atoms with E-state index in [4.69, 9.17) is 4.74 Å². The molecule has 2 aliphatic heterocycles. The van der Waals surface area contributed by atoms with Gasteiger partial charge in [-0.1, -0.05) is 30.3 Å². The van der Waals surface area contributed by atoms with Crippen molar-refractivity contribution in [3.05, 3.63) is 59.7 Å². The maximum atomic E-state index is 12.5. The molecule has 2 heterocycles. The highest BCUT2D eigenvalue weighted by Crippen LogP contribution is 2.28. The van der Waals surface area contributed by atoms with Crippen molar-refractivity contribution >= 4 is 11.7 Å². The molecular weight excluding hydrogens is 326 g/mol. The smallest absolute Gasteiger partial charge is 0.321 e. The number of anilines is 1. The second-order valence-corrected chi connectivity index (χ2v) is 6.92. The molecule has 1 fully saturated rings. The number of piperazine rings is 1. The number of fused-ring (bicyclic) bond motifs is 1. The molecule has 0 aromatic heterocycles. The Kier molecular flexibility index (Phi) is 5.07. The Morgan fingerprint density at radius 2 is 1.85 bits per heavy atom. The van der Waals surface area contributed by atoms with Crippen LogP contribution in [0.4, 0.5) is 10.5 Å². The maximum Gasteiger partial charge on any atom is 0.321 e. The number of carbonyl (C=O) groups excluding carboxylic acids is 1. The first-order chi connectivity index (χ1) is 12.8. The standard InChI is InChI=1S/C21H25N3O2/c25-21(22-19-6-7-20-18(16-19)9-15-26-20)24-13-11-23(12-14-24)10-8-17-4-2-1-3-5-17/h1-7,16H,8-15H2,(H,22,25). The van der Waals surface area contributed by atoms with Crippen LogP contribution >= 0.6 is 0 Å². The number of hydrogen-bond acceptors (Lipinski definition) is 3. The number of urea groups is 1. The minimum atomic E-state index is -0.00780. The molecule has 26 heavy (non-hydrogen) atoms. The Bertz CT molecular complexity index is 755. The first-order valence-electron chi connectivity index (χ1n) is 9.36. The molecule has 1 N–H and O–H groups in total. The van der Waals surface area contributed by atoms with Crippen molar-refractivity contribution in [1.29, 1.82) is 0 Å². The van der Waals surface area contributed by atoms with Gasteiger partial charge in [-0.25, -0.2) is 4.79 Å². The van der Waals surface area contributed by atoms with Crippen LogP contribution in [0.25, 0.3) is 0 Å². The molecule has 4 rings (SSSR count). The number of amides is 2. The van der Waals surface area contributed by atoms with E-state index in [0.29, 0.717) is 0 Å². The van der Waals surface area contributed by atoms with Gasteiger partial charge in [0.1, 0.15) is 5.75 Å². The lowest BCUT2D eigenvalue weighted by atomic mass is 10.1. The molecule has 136 valence electrons. The molecule has 0 bridgehead atoms. The molecule has 2 aromatic carbocycles. The van der Waals surface area contributed by atoms with Crippen LogP contribution in [0.2, 0.25) is 0 Å². The number of benzene rings is 2. The minimum absolute atomic E-state index is 0.00780. The van der Waals surface area contributed by atoms with Crippen molar-refractivity contribution in [2.45, 2.75) is 12.8 Å². The van der Waals surface area contributed by atoms with Gasteiger partial charge in [-0.15, -0.1) is 0 Å². The van der Waals surface area contributed by atoms with E-state index in [1.165, 1.54) is 11.1 Å². The highest BCUT2D eigenvalue weighted by Gasteiger charge is 2.21. The van der Waals surface area contributed by atoms with Gasteiger partial charge in [0.25, 0.3) is 0 Å². The molecule has 2 aliphatic rings. The van der Waals surface area contributed by atoms with Crippen molar-refractivity contribution in [1.82, 2.24) is 9.80 Å². The van der Waals surface area contributed by atoms with Gasteiger partial charge in [0.2, 0.25) is 0 Å². The summed E-state index contributed by atoms with van der Waals surface area (Å²) in [5, 5.41) is 3.03. The van der Waals surface area contributed by atoms with Crippen molar-refractivity contribution in [3.63, 3.8) is 0 Å². The molecule has 5 nitrogen and oxygen atoms in total. The second kappa shape index (κ2) is 7.79. The highest BCUT2D eigenvalue weighted by atomic mass is 16.5. The van der Waals surface area contributed by atoms with Gasteiger partial charge in [-0.2, -0.15) is 0 Å². The largest absolute Gasteiger partial charge is 0.493 e. The number of rotatable bonds is 4. The first-order valence-corrected chi connectivity index (χ1v) is 9.36. The summed E-state index contributed by atoms with van der Waals surface area (Å²) < 4.78 is 5.51. The van der Waals surface area contributed by atoms with Gasteiger partial charge in [0.15, 0.2) is 0 Å². The number of nitrogens with zero attached hydrogens (tertiary/aromatic N) is 2. The summed E-state index contributed by atoms with van der Waals surface area (Å²) in [6, 6.07) is 16.4. The average molecular weight is 351 g/mol. The van der Waals surface area contributed by atoms with Crippen LogP contribution in [0.15, 0.2) is 48.5 Å². The van der Waals surface area contributed by atoms with Crippen molar-refractivity contribution < 1.29 is 9.53 Å². The molecule has 2 amide bonds. The fraction of sp³-hybridized carbons (Fsp3) is 0.381. The topological polar surface area (TPSA) is 44.8 Å². The third-order valence-corrected chi connectivity index (χ3v) is 5.16. The minimum Gasteiger partial charge on any atom is -0.493 e. The monoisotopic (exact) mass is 351 g/mol. The Labute approximate surface area is 154 Å². The summed E-state index contributed by atoms with van der Waals surface area (Å²) >= 11 is 0. The van der Waals surface area contributed by atoms with Crippen molar-refractivity contribution in [3.8, 4) is 5.75 Å². The van der Waals surface area contributed by atoms with Gasteiger partial charge < -0.3 is 15.0 Å². The average Bonchev–Trinajstić information content (AvgIpc) is 3.15. The van der Waals surface area contributed by atoms with Crippen LogP contribution < -0.4 is 10.1 Å². The zero-order valence-corrected chi connectivity index (χ0v) is 15.0. The molecule has 0 unspecified atom stereocenters. The van der Waals surface area contributed by atoms with E-state index < -0.39 is 0 Å². The fourth-order valence-electron chi connectivity index (χ4n) is 3.57. The summed E-state index contributed by atoms with van der Waals surface area (Å²) in [5.41, 5.74) is 3.40. The molecule has 2 aromatic rings. The molecule has 0 atom stereocenters. The van der Waals surface area contributed by atoms with E-state index in [9.17, 15) is 4.79 Å². The Hall–Kier alpha value is -2.53. The van der Waals surface area contributed by atoms with Gasteiger partial charge in [-0.05, 0) is 35.7 Å². The first kappa shape index (κ1) is 16.9. The van der Waals surface area contributed by atoms with Crippen molar-refractivity contribution in [2.75, 3.05) is 44.6 Å². The van der Waals surface area contributed by atoms with Crippen LogP contribution in [0.3, 0.4) is 0 Å². The highest BCUT2D eigenvalue weighted by molar-refractivity contribution is 5.89. The predicted octanol–water partition coefficient (Wildman–Crippen LogP) is 3.01. The van der Waals surface area contributed by atoms with E-state index >= 15 is 0 Å². The normalized spacial score (nSPS) is 16.8. The summed E-state index contributed by atoms with van der Waals surface area (Å²) in [7, 11) is 0. The lowest BCUT2D eigenvalue weighted by molar-refractivity contribution is 0.148. The fourth-order valence-corrected chi connectivity index (χ4v) is 3.57. The van der Waals surface area contributed by atoms with Gasteiger partial charge >= 0.3 is 6.03 Å². The zero-order valence-electron chi connectivity index (χ0n) is 15.0. The lowest BCUT2D eigenvalue weighted by Crippen LogP contribution is -2.50. The van der Waals surface area contributed by atoms with Gasteiger partial charge in [0, 0.05) is 44.8 Å². The number of carbonyl (C=O) groups is 1. The maximum absolute atomic E-state index is 12.5. The van der Waals surface area contributed by atoms with E-state index in [0.717, 1.165) is 63.6 Å². The van der Waals surface area contributed by atoms with E-state index in [1.807, 2.05) is 23.1 Å². The lowest BCUT2D eigenvalue weighted by Gasteiger charge is -2.34. The van der Waals surface area contributed by atoms with Crippen LogP contribution in [0.1, 0.15) is 11.1 Å². The number of nitrogens with one attached hydrogen (secondary N) is 1. The quantitative estimate of drug-likeness (QED) is 0.921. The van der Waals surface area contributed by atoms with Crippen LogP contribution in [-0.4, -0.2) is 55.2 Å². The van der Waals surface area contributed by atoms with Crippen LogP contribution in [0, 0.1) is 0 Å². The number of ether oxygens (including phenoxy) is 1. The molecule has 1 saturated heterocycles. The van der Waals surface area contributed by atoms with E-state index in [1.54, 1.807) is 0 Å². The predicted molar refractivity (Wildman–Crippen MR) is 103 cm³/mol. The van der Waals surface area contributed by atoms with Gasteiger partial charge in [0.05, 0.1) is 6.61 Å². The molecule has 0 radical (unpaired) electrons. The Morgan fingerprint density at radius 3 is 2.65 bits per heavy atom.